The molecular formula is C23H34N2O2. The lowest BCUT2D eigenvalue weighted by Gasteiger charge is -2.30. The molecule has 1 aromatic carbocycles. The van der Waals surface area contributed by atoms with E-state index in [-0.39, 0.29) is 11.5 Å². The molecule has 4 nitrogen and oxygen atoms in total. The summed E-state index contributed by atoms with van der Waals surface area (Å²) in [7, 11) is 3.66. The second-order valence-electron chi connectivity index (χ2n) is 8.73. The molecular weight excluding hydrogens is 336 g/mol. The van der Waals surface area contributed by atoms with Gasteiger partial charge in [0, 0.05) is 24.4 Å². The summed E-state index contributed by atoms with van der Waals surface area (Å²) in [4.78, 5) is 18.1. The zero-order chi connectivity index (χ0) is 19.4. The van der Waals surface area contributed by atoms with Crippen LogP contribution in [-0.2, 0) is 17.8 Å². The molecule has 0 bridgehead atoms. The van der Waals surface area contributed by atoms with Crippen molar-refractivity contribution in [2.75, 3.05) is 14.2 Å². The Morgan fingerprint density at radius 2 is 1.93 bits per heavy atom. The molecule has 0 saturated heterocycles. The van der Waals surface area contributed by atoms with Crippen molar-refractivity contribution in [1.29, 1.82) is 0 Å². The Kier molecular flexibility index (Phi) is 6.36. The molecule has 0 atom stereocenters. The summed E-state index contributed by atoms with van der Waals surface area (Å²) in [5.74, 6) is 1.51. The Bertz CT molecular complexity index is 713. The Hall–Kier alpha value is -1.68. The van der Waals surface area contributed by atoms with Crippen molar-refractivity contribution in [2.24, 2.45) is 10.9 Å². The first-order valence-electron chi connectivity index (χ1n) is 10.4. The molecule has 148 valence electrons. The monoisotopic (exact) mass is 370 g/mol. The molecule has 0 amide bonds. The first-order chi connectivity index (χ1) is 12.9. The number of ketones is 1. The fourth-order valence-corrected chi connectivity index (χ4v) is 4.58. The van der Waals surface area contributed by atoms with Gasteiger partial charge in [-0.3, -0.25) is 9.79 Å². The van der Waals surface area contributed by atoms with Gasteiger partial charge in [0.15, 0.2) is 0 Å². The fraction of sp³-hybridized carbons (Fsp3) is 0.652. The van der Waals surface area contributed by atoms with Crippen LogP contribution in [-0.4, -0.2) is 31.2 Å². The maximum atomic E-state index is 13.1. The number of fused-ring (bicyclic) bond motifs is 1. The smallest absolute Gasteiger partial charge is 0.141 e. The lowest BCUT2D eigenvalue weighted by Crippen LogP contribution is -2.31. The van der Waals surface area contributed by atoms with Crippen LogP contribution in [0.3, 0.4) is 0 Å². The topological polar surface area (TPSA) is 50.7 Å². The number of nitrogens with one attached hydrogen (secondary N) is 1. The molecule has 0 spiro atoms. The highest BCUT2D eigenvalue weighted by Gasteiger charge is 2.30. The van der Waals surface area contributed by atoms with Crippen molar-refractivity contribution in [3.63, 3.8) is 0 Å². The van der Waals surface area contributed by atoms with Gasteiger partial charge in [0.25, 0.3) is 0 Å². The third kappa shape index (κ3) is 4.78. The van der Waals surface area contributed by atoms with Crippen LogP contribution in [0.1, 0.15) is 75.5 Å². The molecule has 0 radical (unpaired) electrons. The predicted molar refractivity (Wildman–Crippen MR) is 111 cm³/mol. The first-order valence-corrected chi connectivity index (χ1v) is 10.4. The minimum absolute atomic E-state index is 0.179. The van der Waals surface area contributed by atoms with Crippen LogP contribution in [0.4, 0.5) is 0 Å². The molecule has 0 aromatic heterocycles. The first kappa shape index (κ1) is 20.1. The second kappa shape index (κ2) is 8.55. The number of rotatable bonds is 6. The minimum Gasteiger partial charge on any atom is -0.496 e. The van der Waals surface area contributed by atoms with Gasteiger partial charge >= 0.3 is 0 Å². The van der Waals surface area contributed by atoms with Crippen molar-refractivity contribution in [3.8, 4) is 5.75 Å². The molecule has 1 N–H and O–H groups in total. The molecule has 1 saturated carbocycles. The largest absolute Gasteiger partial charge is 0.496 e. The highest BCUT2D eigenvalue weighted by atomic mass is 16.5. The number of hydrogen-bond donors (Lipinski definition) is 1. The summed E-state index contributed by atoms with van der Waals surface area (Å²) in [5.41, 5.74) is 4.29. The molecule has 1 aliphatic heterocycles. The third-order valence-corrected chi connectivity index (χ3v) is 5.90. The number of nitrogens with zero attached hydrogens (tertiary/aromatic N) is 1. The van der Waals surface area contributed by atoms with Gasteiger partial charge in [0.05, 0.1) is 18.4 Å². The Labute approximate surface area is 163 Å². The van der Waals surface area contributed by atoms with E-state index in [1.165, 1.54) is 31.2 Å². The number of Topliss-reactive ketones (excluding diaryl/α,β-unsaturated/α-hetero) is 1. The standard InChI is InChI=1S/C23H34N2O2/c1-23(2)14-17-12-22(27-4)18(15-24-3)11-19(17)20(25-23)13-21(26)16-9-7-5-6-8-10-16/h11-12,16,24H,5-10,13-15H2,1-4H3. The van der Waals surface area contributed by atoms with Crippen LogP contribution in [0, 0.1) is 5.92 Å². The van der Waals surface area contributed by atoms with E-state index in [2.05, 4.69) is 31.3 Å². The van der Waals surface area contributed by atoms with E-state index in [1.54, 1.807) is 7.11 Å². The molecule has 3 rings (SSSR count). The Morgan fingerprint density at radius 3 is 2.56 bits per heavy atom. The van der Waals surface area contributed by atoms with Gasteiger partial charge < -0.3 is 10.1 Å². The summed E-state index contributed by atoms with van der Waals surface area (Å²) in [6.45, 7) is 5.05. The van der Waals surface area contributed by atoms with Crippen molar-refractivity contribution in [1.82, 2.24) is 5.32 Å². The SMILES string of the molecule is CNCc1cc2c(cc1OC)CC(C)(C)N=C2CC(=O)C1CCCCCC1. The van der Waals surface area contributed by atoms with E-state index in [1.807, 2.05) is 7.05 Å². The number of benzene rings is 1. The van der Waals surface area contributed by atoms with Crippen LogP contribution in [0.2, 0.25) is 0 Å². The van der Waals surface area contributed by atoms with Gasteiger partial charge in [-0.15, -0.1) is 0 Å². The second-order valence-corrected chi connectivity index (χ2v) is 8.73. The average molecular weight is 371 g/mol. The molecule has 1 fully saturated rings. The summed E-state index contributed by atoms with van der Waals surface area (Å²) in [6.07, 6.45) is 8.36. The number of carbonyl (C=O) groups is 1. The highest BCUT2D eigenvalue weighted by Crippen LogP contribution is 2.34. The maximum absolute atomic E-state index is 13.1. The number of ether oxygens (including phenoxy) is 1. The molecule has 2 aliphatic rings. The molecule has 0 unspecified atom stereocenters. The summed E-state index contributed by atoms with van der Waals surface area (Å²) >= 11 is 0. The zero-order valence-electron chi connectivity index (χ0n) is 17.4. The molecule has 4 heteroatoms. The fourth-order valence-electron chi connectivity index (χ4n) is 4.58. The van der Waals surface area contributed by atoms with Crippen molar-refractivity contribution >= 4 is 11.5 Å². The molecule has 1 aliphatic carbocycles. The van der Waals surface area contributed by atoms with E-state index in [0.717, 1.165) is 48.4 Å². The van der Waals surface area contributed by atoms with Gasteiger partial charge in [-0.05, 0) is 63.4 Å². The van der Waals surface area contributed by atoms with Crippen LogP contribution in [0.25, 0.3) is 0 Å². The van der Waals surface area contributed by atoms with E-state index >= 15 is 0 Å². The van der Waals surface area contributed by atoms with E-state index < -0.39 is 0 Å². The normalized spacial score (nSPS) is 19.8. The summed E-state index contributed by atoms with van der Waals surface area (Å²) < 4.78 is 5.61. The van der Waals surface area contributed by atoms with Crippen molar-refractivity contribution in [2.45, 2.75) is 77.3 Å². The number of methoxy groups -OCH3 is 1. The quantitative estimate of drug-likeness (QED) is 0.752. The molecule has 1 heterocycles. The maximum Gasteiger partial charge on any atom is 0.141 e. The summed E-state index contributed by atoms with van der Waals surface area (Å²) in [6, 6.07) is 4.33. The number of aliphatic imine (C=N–C) groups is 1. The minimum atomic E-state index is -0.179. The third-order valence-electron chi connectivity index (χ3n) is 5.90. The predicted octanol–water partition coefficient (Wildman–Crippen LogP) is 4.47. The lowest BCUT2D eigenvalue weighted by molar-refractivity contribution is -0.122. The van der Waals surface area contributed by atoms with Gasteiger partial charge in [-0.2, -0.15) is 0 Å². The van der Waals surface area contributed by atoms with Gasteiger partial charge in [0.2, 0.25) is 0 Å². The summed E-state index contributed by atoms with van der Waals surface area (Å²) in [5, 5.41) is 3.21. The van der Waals surface area contributed by atoms with Crippen LogP contribution in [0.15, 0.2) is 17.1 Å². The van der Waals surface area contributed by atoms with Crippen molar-refractivity contribution in [3.05, 3.63) is 28.8 Å². The van der Waals surface area contributed by atoms with E-state index in [9.17, 15) is 4.79 Å². The van der Waals surface area contributed by atoms with E-state index in [0.29, 0.717) is 12.2 Å². The Morgan fingerprint density at radius 1 is 1.22 bits per heavy atom. The van der Waals surface area contributed by atoms with Crippen molar-refractivity contribution < 1.29 is 9.53 Å². The van der Waals surface area contributed by atoms with Crippen LogP contribution in [0.5, 0.6) is 5.75 Å². The Balaban J connectivity index is 1.91. The zero-order valence-corrected chi connectivity index (χ0v) is 17.4. The average Bonchev–Trinajstić information content (AvgIpc) is 2.90. The molecule has 1 aromatic rings. The number of hydrogen-bond acceptors (Lipinski definition) is 4. The van der Waals surface area contributed by atoms with E-state index in [4.69, 9.17) is 9.73 Å². The van der Waals surface area contributed by atoms with Crippen LogP contribution < -0.4 is 10.1 Å². The lowest BCUT2D eigenvalue weighted by atomic mass is 9.83. The van der Waals surface area contributed by atoms with Gasteiger partial charge in [-0.25, -0.2) is 0 Å². The van der Waals surface area contributed by atoms with Gasteiger partial charge in [-0.1, -0.05) is 25.7 Å². The number of carbonyl (C=O) groups excluding carboxylic acids is 1. The van der Waals surface area contributed by atoms with Crippen LogP contribution >= 0.6 is 0 Å². The molecule has 27 heavy (non-hydrogen) atoms. The van der Waals surface area contributed by atoms with Gasteiger partial charge in [0.1, 0.15) is 11.5 Å². The highest BCUT2D eigenvalue weighted by molar-refractivity contribution is 6.13.